The van der Waals surface area contributed by atoms with E-state index in [1.165, 1.54) is 17.3 Å². The molecule has 1 N–H and O–H groups in total. The number of alkyl halides is 1. The highest BCUT2D eigenvalue weighted by atomic mass is 35.5. The van der Waals surface area contributed by atoms with Crippen LogP contribution in [0, 0.1) is 12.3 Å². The van der Waals surface area contributed by atoms with E-state index in [-0.39, 0.29) is 13.2 Å². The first-order valence-electron chi connectivity index (χ1n) is 7.27. The Bertz CT molecular complexity index is 649. The minimum Gasteiger partial charge on any atom is -0.490 e. The molecular weight excluding hydrogens is 321 g/mol. The number of aliphatic hydroxyl groups is 1. The minimum absolute atomic E-state index is 0.0771. The lowest BCUT2D eigenvalue weighted by molar-refractivity contribution is -0.116. The van der Waals surface area contributed by atoms with Gasteiger partial charge in [0.05, 0.1) is 13.2 Å². The molecule has 7 heteroatoms. The molecule has 23 heavy (non-hydrogen) atoms. The normalized spacial score (nSPS) is 14.5. The van der Waals surface area contributed by atoms with Crippen molar-refractivity contribution < 1.29 is 14.2 Å². The van der Waals surface area contributed by atoms with Gasteiger partial charge in [0.2, 0.25) is 0 Å². The molecule has 0 aliphatic heterocycles. The number of nitrogens with zero attached hydrogens (tertiary/aromatic N) is 3. The highest BCUT2D eigenvalue weighted by molar-refractivity contribution is 6.30. The molecule has 1 aromatic carbocycles. The lowest BCUT2D eigenvalue weighted by Gasteiger charge is -2.40. The van der Waals surface area contributed by atoms with Crippen molar-refractivity contribution >= 4 is 11.6 Å². The van der Waals surface area contributed by atoms with Gasteiger partial charge < -0.3 is 9.84 Å². The Hall–Kier alpha value is -1.66. The Kier molecular flexibility index (Phi) is 5.26. The van der Waals surface area contributed by atoms with E-state index in [0.717, 1.165) is 5.56 Å². The molecule has 2 aromatic rings. The van der Waals surface area contributed by atoms with Crippen molar-refractivity contribution in [3.63, 3.8) is 0 Å². The van der Waals surface area contributed by atoms with E-state index >= 15 is 0 Å². The first kappa shape index (κ1) is 17.7. The van der Waals surface area contributed by atoms with Gasteiger partial charge in [-0.2, -0.15) is 5.10 Å². The molecule has 1 unspecified atom stereocenters. The van der Waals surface area contributed by atoms with Crippen molar-refractivity contribution in [3.8, 4) is 5.75 Å². The molecule has 0 aliphatic rings. The number of benzene rings is 1. The Morgan fingerprint density at radius 1 is 1.39 bits per heavy atom. The van der Waals surface area contributed by atoms with Gasteiger partial charge in [0.1, 0.15) is 30.6 Å². The van der Waals surface area contributed by atoms with E-state index in [0.29, 0.717) is 10.8 Å². The maximum Gasteiger partial charge on any atom is 0.137 e. The fraction of sp³-hybridized carbons (Fsp3) is 0.500. The first-order valence-corrected chi connectivity index (χ1v) is 7.65. The van der Waals surface area contributed by atoms with Crippen LogP contribution in [0.15, 0.2) is 30.9 Å². The molecule has 0 radical (unpaired) electrons. The van der Waals surface area contributed by atoms with Gasteiger partial charge in [-0.1, -0.05) is 25.4 Å². The van der Waals surface area contributed by atoms with Crippen LogP contribution in [-0.2, 0) is 6.54 Å². The van der Waals surface area contributed by atoms with E-state index in [1.807, 2.05) is 6.92 Å². The van der Waals surface area contributed by atoms with Crippen molar-refractivity contribution in [2.24, 2.45) is 5.41 Å². The van der Waals surface area contributed by atoms with Gasteiger partial charge in [-0.25, -0.2) is 9.67 Å². The number of hydrogen-bond donors (Lipinski definition) is 1. The SMILES string of the molecule is Cc1cc(Cl)ccc1OCC(O)(Cn1cncn1)C(C)(C)CF. The van der Waals surface area contributed by atoms with Crippen molar-refractivity contribution in [2.75, 3.05) is 13.3 Å². The van der Waals surface area contributed by atoms with Crippen LogP contribution in [0.3, 0.4) is 0 Å². The summed E-state index contributed by atoms with van der Waals surface area (Å²) < 4.78 is 20.7. The van der Waals surface area contributed by atoms with Crippen molar-refractivity contribution in [2.45, 2.75) is 32.9 Å². The van der Waals surface area contributed by atoms with Gasteiger partial charge in [0.25, 0.3) is 0 Å². The van der Waals surface area contributed by atoms with Crippen LogP contribution >= 0.6 is 11.6 Å². The lowest BCUT2D eigenvalue weighted by Crippen LogP contribution is -2.53. The molecule has 1 heterocycles. The summed E-state index contributed by atoms with van der Waals surface area (Å²) in [7, 11) is 0. The van der Waals surface area contributed by atoms with E-state index < -0.39 is 17.7 Å². The summed E-state index contributed by atoms with van der Waals surface area (Å²) in [6, 6.07) is 5.21. The average Bonchev–Trinajstić information content (AvgIpc) is 2.99. The van der Waals surface area contributed by atoms with E-state index in [2.05, 4.69) is 10.1 Å². The summed E-state index contributed by atoms with van der Waals surface area (Å²) in [5.41, 5.74) is -1.63. The Labute approximate surface area is 140 Å². The first-order chi connectivity index (χ1) is 10.8. The van der Waals surface area contributed by atoms with Crippen LogP contribution in [0.2, 0.25) is 5.02 Å². The third-order valence-corrected chi connectivity index (χ3v) is 4.32. The van der Waals surface area contributed by atoms with Crippen LogP contribution in [-0.4, -0.2) is 38.8 Å². The van der Waals surface area contributed by atoms with E-state index in [9.17, 15) is 9.50 Å². The number of halogens is 2. The molecule has 0 aliphatic carbocycles. The monoisotopic (exact) mass is 341 g/mol. The fourth-order valence-corrected chi connectivity index (χ4v) is 2.36. The molecule has 0 saturated carbocycles. The van der Waals surface area contributed by atoms with Crippen LogP contribution in [0.4, 0.5) is 4.39 Å². The van der Waals surface area contributed by atoms with Gasteiger partial charge in [0.15, 0.2) is 0 Å². The van der Waals surface area contributed by atoms with Crippen LogP contribution < -0.4 is 4.74 Å². The molecule has 1 atom stereocenters. The molecule has 5 nitrogen and oxygen atoms in total. The second-order valence-corrected chi connectivity index (χ2v) is 6.78. The highest BCUT2D eigenvalue weighted by Gasteiger charge is 2.45. The third-order valence-electron chi connectivity index (χ3n) is 4.09. The Balaban J connectivity index is 2.20. The Morgan fingerprint density at radius 2 is 2.13 bits per heavy atom. The zero-order valence-corrected chi connectivity index (χ0v) is 14.2. The highest BCUT2D eigenvalue weighted by Crippen LogP contribution is 2.34. The molecule has 0 amide bonds. The largest absolute Gasteiger partial charge is 0.490 e. The molecule has 0 saturated heterocycles. The quantitative estimate of drug-likeness (QED) is 0.841. The summed E-state index contributed by atoms with van der Waals surface area (Å²) in [4.78, 5) is 3.85. The third kappa shape index (κ3) is 4.00. The van der Waals surface area contributed by atoms with Crippen LogP contribution in [0.25, 0.3) is 0 Å². The number of aryl methyl sites for hydroxylation is 1. The standard InChI is InChI=1S/C16H21ClFN3O2/c1-12-6-13(17)4-5-14(12)23-9-16(22,15(2,3)7-18)8-21-11-19-10-20-21/h4-6,10-11,22H,7-9H2,1-3H3. The number of aromatic nitrogens is 3. The molecule has 2 rings (SSSR count). The molecule has 0 fully saturated rings. The second kappa shape index (κ2) is 6.84. The van der Waals surface area contributed by atoms with Gasteiger partial charge in [0, 0.05) is 10.4 Å². The summed E-state index contributed by atoms with van der Waals surface area (Å²) in [5.74, 6) is 0.598. The van der Waals surface area contributed by atoms with Crippen molar-refractivity contribution in [3.05, 3.63) is 41.4 Å². The zero-order chi connectivity index (χ0) is 17.1. The van der Waals surface area contributed by atoms with Gasteiger partial charge in [-0.3, -0.25) is 4.39 Å². The van der Waals surface area contributed by atoms with Crippen molar-refractivity contribution in [1.82, 2.24) is 14.8 Å². The zero-order valence-electron chi connectivity index (χ0n) is 13.5. The molecule has 0 spiro atoms. The molecule has 0 bridgehead atoms. The molecule has 1 aromatic heterocycles. The van der Waals surface area contributed by atoms with Gasteiger partial charge in [-0.05, 0) is 30.7 Å². The van der Waals surface area contributed by atoms with Crippen LogP contribution in [0.5, 0.6) is 5.75 Å². The van der Waals surface area contributed by atoms with Crippen molar-refractivity contribution in [1.29, 1.82) is 0 Å². The maximum atomic E-state index is 13.5. The summed E-state index contributed by atoms with van der Waals surface area (Å²) in [5, 5.41) is 15.6. The van der Waals surface area contributed by atoms with Gasteiger partial charge in [-0.15, -0.1) is 0 Å². The number of rotatable bonds is 7. The lowest BCUT2D eigenvalue weighted by atomic mass is 9.76. The minimum atomic E-state index is -1.46. The number of hydrogen-bond acceptors (Lipinski definition) is 4. The van der Waals surface area contributed by atoms with Crippen LogP contribution in [0.1, 0.15) is 19.4 Å². The average molecular weight is 342 g/mol. The fourth-order valence-electron chi connectivity index (χ4n) is 2.13. The smallest absolute Gasteiger partial charge is 0.137 e. The predicted molar refractivity (Wildman–Crippen MR) is 86.4 cm³/mol. The molecular formula is C16H21ClFN3O2. The summed E-state index contributed by atoms with van der Waals surface area (Å²) in [6.07, 6.45) is 2.85. The van der Waals surface area contributed by atoms with E-state index in [4.69, 9.17) is 16.3 Å². The summed E-state index contributed by atoms with van der Waals surface area (Å²) >= 11 is 5.92. The second-order valence-electron chi connectivity index (χ2n) is 6.34. The topological polar surface area (TPSA) is 60.2 Å². The summed E-state index contributed by atoms with van der Waals surface area (Å²) in [6.45, 7) is 4.48. The van der Waals surface area contributed by atoms with E-state index in [1.54, 1.807) is 32.0 Å². The maximum absolute atomic E-state index is 13.5. The number of ether oxygens (including phenoxy) is 1. The Morgan fingerprint density at radius 3 is 2.70 bits per heavy atom. The predicted octanol–water partition coefficient (Wildman–Crippen LogP) is 3.05. The van der Waals surface area contributed by atoms with Gasteiger partial charge >= 0.3 is 0 Å². The molecule has 126 valence electrons.